The standard InChI is InChI=1S/C15H16N4O3/c1-3-22-15(21)13-12-6-4-5-7-18(12)19(14(13)20)9-11-8-17(2)10-16-11/h4-8,10H,3,9H2,1-2H3. The van der Waals surface area contributed by atoms with Gasteiger partial charge in [-0.3, -0.25) is 9.31 Å². The third-order valence-corrected chi connectivity index (χ3v) is 3.35. The van der Waals surface area contributed by atoms with Gasteiger partial charge in [-0.05, 0) is 19.1 Å². The molecule has 7 nitrogen and oxygen atoms in total. The van der Waals surface area contributed by atoms with Gasteiger partial charge in [0.1, 0.15) is 0 Å². The Morgan fingerprint density at radius 1 is 1.36 bits per heavy atom. The fraction of sp³-hybridized carbons (Fsp3) is 0.267. The molecule has 3 aromatic heterocycles. The van der Waals surface area contributed by atoms with E-state index >= 15 is 0 Å². The third kappa shape index (κ3) is 2.30. The Hall–Kier alpha value is -2.83. The molecule has 0 spiro atoms. The van der Waals surface area contributed by atoms with E-state index in [0.717, 1.165) is 5.69 Å². The van der Waals surface area contributed by atoms with Crippen molar-refractivity contribution in [1.29, 1.82) is 0 Å². The average molecular weight is 300 g/mol. The molecule has 3 aromatic rings. The Bertz CT molecular complexity index is 888. The quantitative estimate of drug-likeness (QED) is 0.676. The van der Waals surface area contributed by atoms with E-state index in [1.54, 1.807) is 42.2 Å². The Morgan fingerprint density at radius 2 is 2.18 bits per heavy atom. The molecular weight excluding hydrogens is 284 g/mol. The van der Waals surface area contributed by atoms with Crippen LogP contribution in [0.25, 0.3) is 5.52 Å². The first-order valence-electron chi connectivity index (χ1n) is 6.96. The summed E-state index contributed by atoms with van der Waals surface area (Å²) < 4.78 is 9.94. The summed E-state index contributed by atoms with van der Waals surface area (Å²) in [6.07, 6.45) is 5.24. The number of hydrogen-bond donors (Lipinski definition) is 0. The molecule has 0 aliphatic heterocycles. The van der Waals surface area contributed by atoms with Gasteiger partial charge in [0.25, 0.3) is 5.56 Å². The van der Waals surface area contributed by atoms with Crippen LogP contribution in [0, 0.1) is 0 Å². The van der Waals surface area contributed by atoms with Crippen molar-refractivity contribution in [1.82, 2.24) is 18.7 Å². The van der Waals surface area contributed by atoms with E-state index in [2.05, 4.69) is 4.98 Å². The zero-order valence-electron chi connectivity index (χ0n) is 12.4. The number of pyridine rings is 1. The maximum absolute atomic E-state index is 12.6. The van der Waals surface area contributed by atoms with Crippen molar-refractivity contribution in [2.75, 3.05) is 6.61 Å². The van der Waals surface area contributed by atoms with Crippen LogP contribution < -0.4 is 5.56 Å². The maximum Gasteiger partial charge on any atom is 0.346 e. The summed E-state index contributed by atoms with van der Waals surface area (Å²) in [6, 6.07) is 5.31. The molecule has 0 fully saturated rings. The molecule has 0 saturated heterocycles. The summed E-state index contributed by atoms with van der Waals surface area (Å²) >= 11 is 0. The number of esters is 1. The first-order chi connectivity index (χ1) is 10.6. The smallest absolute Gasteiger partial charge is 0.346 e. The second-order valence-electron chi connectivity index (χ2n) is 4.92. The summed E-state index contributed by atoms with van der Waals surface area (Å²) in [4.78, 5) is 28.9. The molecule has 22 heavy (non-hydrogen) atoms. The summed E-state index contributed by atoms with van der Waals surface area (Å²) in [5.41, 5.74) is 0.943. The number of fused-ring (bicyclic) bond motifs is 1. The Labute approximate surface area is 126 Å². The number of ether oxygens (including phenoxy) is 1. The number of nitrogens with zero attached hydrogens (tertiary/aromatic N) is 4. The second kappa shape index (κ2) is 5.51. The van der Waals surface area contributed by atoms with Crippen LogP contribution in [0.3, 0.4) is 0 Å². The lowest BCUT2D eigenvalue weighted by atomic mass is 10.2. The van der Waals surface area contributed by atoms with Gasteiger partial charge in [-0.25, -0.2) is 14.5 Å². The molecule has 0 N–H and O–H groups in total. The minimum Gasteiger partial charge on any atom is -0.462 e. The van der Waals surface area contributed by atoms with E-state index < -0.39 is 5.97 Å². The minimum absolute atomic E-state index is 0.0541. The summed E-state index contributed by atoms with van der Waals surface area (Å²) in [5.74, 6) is -0.601. The molecule has 3 rings (SSSR count). The molecule has 0 aromatic carbocycles. The predicted octanol–water partition coefficient (Wildman–Crippen LogP) is 1.06. The number of aromatic nitrogens is 4. The van der Waals surface area contributed by atoms with Gasteiger partial charge >= 0.3 is 5.97 Å². The highest BCUT2D eigenvalue weighted by atomic mass is 16.5. The fourth-order valence-corrected chi connectivity index (χ4v) is 2.42. The van der Waals surface area contributed by atoms with Gasteiger partial charge in [0, 0.05) is 19.4 Å². The van der Waals surface area contributed by atoms with E-state index in [4.69, 9.17) is 4.74 Å². The lowest BCUT2D eigenvalue weighted by molar-refractivity contribution is 0.0527. The number of rotatable bonds is 4. The number of carbonyl (C=O) groups excluding carboxylic acids is 1. The minimum atomic E-state index is -0.601. The van der Waals surface area contributed by atoms with Crippen molar-refractivity contribution in [2.45, 2.75) is 13.5 Å². The highest BCUT2D eigenvalue weighted by Crippen LogP contribution is 2.11. The van der Waals surface area contributed by atoms with Gasteiger partial charge in [-0.2, -0.15) is 0 Å². The van der Waals surface area contributed by atoms with E-state index in [0.29, 0.717) is 5.52 Å². The largest absolute Gasteiger partial charge is 0.462 e. The molecule has 0 radical (unpaired) electrons. The van der Waals surface area contributed by atoms with Crippen molar-refractivity contribution in [3.05, 3.63) is 58.5 Å². The lowest BCUT2D eigenvalue weighted by Gasteiger charge is -2.03. The van der Waals surface area contributed by atoms with Crippen LogP contribution in [0.5, 0.6) is 0 Å². The summed E-state index contributed by atoms with van der Waals surface area (Å²) in [5, 5.41) is 0. The zero-order chi connectivity index (χ0) is 15.7. The first-order valence-corrected chi connectivity index (χ1v) is 6.96. The van der Waals surface area contributed by atoms with Gasteiger partial charge in [0.15, 0.2) is 5.56 Å². The van der Waals surface area contributed by atoms with Gasteiger partial charge in [-0.1, -0.05) is 6.07 Å². The first kappa shape index (κ1) is 14.1. The van der Waals surface area contributed by atoms with Crippen molar-refractivity contribution in [3.63, 3.8) is 0 Å². The monoisotopic (exact) mass is 300 g/mol. The van der Waals surface area contributed by atoms with E-state index in [-0.39, 0.29) is 24.3 Å². The number of aryl methyl sites for hydroxylation is 1. The lowest BCUT2D eigenvalue weighted by Crippen LogP contribution is -2.24. The topological polar surface area (TPSA) is 70.5 Å². The number of carbonyl (C=O) groups is 1. The van der Waals surface area contributed by atoms with E-state index in [1.165, 1.54) is 4.68 Å². The molecule has 7 heteroatoms. The van der Waals surface area contributed by atoms with E-state index in [1.807, 2.05) is 17.8 Å². The molecule has 0 unspecified atom stereocenters. The highest BCUT2D eigenvalue weighted by molar-refractivity contribution is 5.96. The molecule has 0 aliphatic rings. The summed E-state index contributed by atoms with van der Waals surface area (Å²) in [6.45, 7) is 2.22. The predicted molar refractivity (Wildman–Crippen MR) is 79.9 cm³/mol. The van der Waals surface area contributed by atoms with Crippen molar-refractivity contribution in [3.8, 4) is 0 Å². The SMILES string of the molecule is CCOC(=O)c1c(=O)n(Cc2cn(C)cn2)n2ccccc12. The van der Waals surface area contributed by atoms with Crippen LogP contribution in [0.1, 0.15) is 23.0 Å². The van der Waals surface area contributed by atoms with Crippen LogP contribution in [0.2, 0.25) is 0 Å². The maximum atomic E-state index is 12.6. The molecule has 0 saturated carbocycles. The number of imidazole rings is 1. The van der Waals surface area contributed by atoms with Gasteiger partial charge < -0.3 is 9.30 Å². The molecule has 0 amide bonds. The zero-order valence-corrected chi connectivity index (χ0v) is 12.4. The van der Waals surface area contributed by atoms with Crippen LogP contribution in [0.15, 0.2) is 41.7 Å². The van der Waals surface area contributed by atoms with Crippen LogP contribution in [-0.2, 0) is 18.3 Å². The Kier molecular flexibility index (Phi) is 3.54. The normalized spacial score (nSPS) is 11.0. The van der Waals surface area contributed by atoms with Gasteiger partial charge in [0.2, 0.25) is 0 Å². The highest BCUT2D eigenvalue weighted by Gasteiger charge is 2.22. The second-order valence-corrected chi connectivity index (χ2v) is 4.92. The molecule has 0 bridgehead atoms. The Morgan fingerprint density at radius 3 is 2.86 bits per heavy atom. The molecule has 0 aliphatic carbocycles. The van der Waals surface area contributed by atoms with Crippen molar-refractivity contribution in [2.24, 2.45) is 7.05 Å². The van der Waals surface area contributed by atoms with Crippen molar-refractivity contribution >= 4 is 11.5 Å². The average Bonchev–Trinajstić information content (AvgIpc) is 3.02. The van der Waals surface area contributed by atoms with Crippen molar-refractivity contribution < 1.29 is 9.53 Å². The molecule has 0 atom stereocenters. The molecular formula is C15H16N4O3. The van der Waals surface area contributed by atoms with Gasteiger partial charge in [-0.15, -0.1) is 0 Å². The van der Waals surface area contributed by atoms with Gasteiger partial charge in [0.05, 0.1) is 30.7 Å². The summed E-state index contributed by atoms with van der Waals surface area (Å²) in [7, 11) is 1.86. The molecule has 3 heterocycles. The van der Waals surface area contributed by atoms with Crippen LogP contribution >= 0.6 is 0 Å². The van der Waals surface area contributed by atoms with Crippen LogP contribution in [-0.4, -0.2) is 31.3 Å². The molecule has 114 valence electrons. The Balaban J connectivity index is 2.16. The fourth-order valence-electron chi connectivity index (χ4n) is 2.42. The van der Waals surface area contributed by atoms with E-state index in [9.17, 15) is 9.59 Å². The van der Waals surface area contributed by atoms with Crippen LogP contribution in [0.4, 0.5) is 0 Å². The number of hydrogen-bond acceptors (Lipinski definition) is 4. The third-order valence-electron chi connectivity index (χ3n) is 3.35.